The molecule has 1 atom stereocenters. The first kappa shape index (κ1) is 22.8. The zero-order valence-electron chi connectivity index (χ0n) is 19.3. The van der Waals surface area contributed by atoms with Crippen LogP contribution in [0, 0.1) is 6.92 Å². The monoisotopic (exact) mass is 445 g/mol. The minimum absolute atomic E-state index is 0.0126. The molecule has 2 heterocycles. The Balaban J connectivity index is 1.42. The van der Waals surface area contributed by atoms with Crippen LogP contribution in [0.15, 0.2) is 48.5 Å². The Hall–Kier alpha value is -3.41. The fourth-order valence-corrected chi connectivity index (χ4v) is 4.73. The van der Waals surface area contributed by atoms with Crippen molar-refractivity contribution in [2.24, 2.45) is 5.73 Å². The van der Waals surface area contributed by atoms with E-state index in [1.54, 1.807) is 7.11 Å². The summed E-state index contributed by atoms with van der Waals surface area (Å²) < 4.78 is 5.27. The maximum absolute atomic E-state index is 13.0. The van der Waals surface area contributed by atoms with E-state index in [0.29, 0.717) is 24.2 Å². The van der Waals surface area contributed by atoms with Crippen LogP contribution in [0.4, 0.5) is 0 Å². The van der Waals surface area contributed by atoms with E-state index in [1.165, 1.54) is 11.1 Å². The molecule has 6 nitrogen and oxygen atoms in total. The fourth-order valence-electron chi connectivity index (χ4n) is 4.73. The molecule has 6 heteroatoms. The smallest absolute Gasteiger partial charge is 0.250 e. The summed E-state index contributed by atoms with van der Waals surface area (Å²) in [4.78, 5) is 31.9. The van der Waals surface area contributed by atoms with Crippen molar-refractivity contribution in [2.45, 2.75) is 44.9 Å². The average Bonchev–Trinajstić information content (AvgIpc) is 2.84. The van der Waals surface area contributed by atoms with Gasteiger partial charge in [0.05, 0.1) is 23.9 Å². The van der Waals surface area contributed by atoms with Crippen LogP contribution in [-0.2, 0) is 11.2 Å². The van der Waals surface area contributed by atoms with Crippen LogP contribution in [0.3, 0.4) is 0 Å². The van der Waals surface area contributed by atoms with Crippen LogP contribution in [0.25, 0.3) is 10.9 Å². The third-order valence-corrected chi connectivity index (χ3v) is 6.57. The van der Waals surface area contributed by atoms with E-state index in [4.69, 9.17) is 15.5 Å². The van der Waals surface area contributed by atoms with E-state index in [1.807, 2.05) is 47.4 Å². The van der Waals surface area contributed by atoms with E-state index in [2.05, 4.69) is 13.0 Å². The lowest BCUT2D eigenvalue weighted by atomic mass is 9.90. The Kier molecular flexibility index (Phi) is 6.92. The number of fused-ring (bicyclic) bond motifs is 1. The van der Waals surface area contributed by atoms with Crippen LogP contribution < -0.4 is 10.5 Å². The number of hydrogen-bond donors (Lipinski definition) is 1. The highest BCUT2D eigenvalue weighted by atomic mass is 16.5. The van der Waals surface area contributed by atoms with Crippen molar-refractivity contribution >= 4 is 22.7 Å². The summed E-state index contributed by atoms with van der Waals surface area (Å²) in [5.74, 6) is 0.553. The zero-order chi connectivity index (χ0) is 23.4. The van der Waals surface area contributed by atoms with Gasteiger partial charge < -0.3 is 15.4 Å². The number of amides is 2. The van der Waals surface area contributed by atoms with Gasteiger partial charge in [-0.2, -0.15) is 0 Å². The lowest BCUT2D eigenvalue weighted by Gasteiger charge is -2.33. The Bertz CT molecular complexity index is 1170. The molecule has 0 aliphatic carbocycles. The number of para-hydroxylation sites is 1. The largest absolute Gasteiger partial charge is 0.497 e. The first-order chi connectivity index (χ1) is 16.0. The van der Waals surface area contributed by atoms with Gasteiger partial charge in [-0.3, -0.25) is 14.6 Å². The van der Waals surface area contributed by atoms with Crippen molar-refractivity contribution in [3.63, 3.8) is 0 Å². The van der Waals surface area contributed by atoms with Gasteiger partial charge in [-0.05, 0) is 68.0 Å². The highest BCUT2D eigenvalue weighted by molar-refractivity contribution is 5.97. The second-order valence-electron chi connectivity index (χ2n) is 8.80. The first-order valence-corrected chi connectivity index (χ1v) is 11.6. The highest BCUT2D eigenvalue weighted by Gasteiger charge is 2.28. The molecule has 2 aromatic carbocycles. The van der Waals surface area contributed by atoms with Gasteiger partial charge in [0.1, 0.15) is 5.75 Å². The number of aryl methyl sites for hydroxylation is 2. The molecule has 0 saturated carbocycles. The second-order valence-corrected chi connectivity index (χ2v) is 8.80. The normalized spacial score (nSPS) is 16.1. The zero-order valence-corrected chi connectivity index (χ0v) is 19.3. The van der Waals surface area contributed by atoms with E-state index in [0.717, 1.165) is 48.9 Å². The molecule has 0 unspecified atom stereocenters. The molecule has 33 heavy (non-hydrogen) atoms. The third-order valence-electron chi connectivity index (χ3n) is 6.57. The highest BCUT2D eigenvalue weighted by Crippen LogP contribution is 2.30. The Labute approximate surface area is 194 Å². The lowest BCUT2D eigenvalue weighted by Crippen LogP contribution is -2.39. The third kappa shape index (κ3) is 5.16. The first-order valence-electron chi connectivity index (χ1n) is 11.6. The van der Waals surface area contributed by atoms with Gasteiger partial charge in [-0.25, -0.2) is 0 Å². The van der Waals surface area contributed by atoms with E-state index >= 15 is 0 Å². The van der Waals surface area contributed by atoms with Crippen LogP contribution in [0.5, 0.6) is 5.75 Å². The summed E-state index contributed by atoms with van der Waals surface area (Å²) >= 11 is 0. The predicted molar refractivity (Wildman–Crippen MR) is 129 cm³/mol. The number of ether oxygens (including phenoxy) is 1. The van der Waals surface area contributed by atoms with Crippen molar-refractivity contribution in [1.82, 2.24) is 9.88 Å². The van der Waals surface area contributed by atoms with Crippen LogP contribution >= 0.6 is 0 Å². The molecule has 1 saturated heterocycles. The van der Waals surface area contributed by atoms with Crippen LogP contribution in [0.1, 0.15) is 58.8 Å². The number of benzene rings is 2. The maximum atomic E-state index is 13.0. The van der Waals surface area contributed by atoms with Gasteiger partial charge in [0, 0.05) is 30.8 Å². The number of nitrogens with two attached hydrogens (primary N) is 1. The van der Waals surface area contributed by atoms with Crippen LogP contribution in [0.2, 0.25) is 0 Å². The van der Waals surface area contributed by atoms with Crippen molar-refractivity contribution in [3.8, 4) is 5.75 Å². The van der Waals surface area contributed by atoms with Crippen molar-refractivity contribution in [2.75, 3.05) is 20.2 Å². The van der Waals surface area contributed by atoms with Gasteiger partial charge in [-0.1, -0.05) is 24.3 Å². The summed E-state index contributed by atoms with van der Waals surface area (Å²) in [6.45, 7) is 3.39. The molecule has 172 valence electrons. The number of piperidine rings is 1. The Morgan fingerprint density at radius 1 is 1.18 bits per heavy atom. The molecule has 1 aromatic heterocycles. The van der Waals surface area contributed by atoms with Crippen molar-refractivity contribution in [3.05, 3.63) is 70.9 Å². The average molecular weight is 446 g/mol. The standard InChI is InChI=1S/C27H31N3O3/c1-18-15-22(33-2)13-12-19(18)8-5-11-25(31)30-14-6-9-21(17-30)26-23(27(28)32)16-20-7-3-4-10-24(20)29-26/h3-4,7,10,12-13,15-16,21H,5-6,8-9,11,14,17H2,1-2H3,(H2,28,32)/t21-/m0/s1. The van der Waals surface area contributed by atoms with Crippen LogP contribution in [-0.4, -0.2) is 41.9 Å². The van der Waals surface area contributed by atoms with E-state index in [-0.39, 0.29) is 11.8 Å². The molecule has 1 fully saturated rings. The predicted octanol–water partition coefficient (Wildman–Crippen LogP) is 4.38. The topological polar surface area (TPSA) is 85.5 Å². The maximum Gasteiger partial charge on any atom is 0.250 e. The molecular formula is C27H31N3O3. The molecule has 0 bridgehead atoms. The number of aromatic nitrogens is 1. The fraction of sp³-hybridized carbons (Fsp3) is 0.370. The summed E-state index contributed by atoms with van der Waals surface area (Å²) in [7, 11) is 1.67. The number of hydrogen-bond acceptors (Lipinski definition) is 4. The van der Waals surface area contributed by atoms with Crippen molar-refractivity contribution < 1.29 is 14.3 Å². The number of carbonyl (C=O) groups is 2. The molecule has 0 radical (unpaired) electrons. The molecule has 0 spiro atoms. The number of primary amides is 1. The minimum atomic E-state index is -0.471. The Morgan fingerprint density at radius 2 is 2.00 bits per heavy atom. The summed E-state index contributed by atoms with van der Waals surface area (Å²) in [5.41, 5.74) is 10.1. The molecule has 3 aromatic rings. The molecular weight excluding hydrogens is 414 g/mol. The number of likely N-dealkylation sites (tertiary alicyclic amines) is 1. The van der Waals surface area contributed by atoms with E-state index in [9.17, 15) is 9.59 Å². The van der Waals surface area contributed by atoms with Gasteiger partial charge in [-0.15, -0.1) is 0 Å². The Morgan fingerprint density at radius 3 is 2.76 bits per heavy atom. The second kappa shape index (κ2) is 10.0. The number of nitrogens with zero attached hydrogens (tertiary/aromatic N) is 2. The van der Waals surface area contributed by atoms with Gasteiger partial charge >= 0.3 is 0 Å². The number of carbonyl (C=O) groups excluding carboxylic acids is 2. The SMILES string of the molecule is COc1ccc(CCCC(=O)N2CCC[C@H](c3nc4ccccc4cc3C(N)=O)C2)c(C)c1. The molecule has 4 rings (SSSR count). The lowest BCUT2D eigenvalue weighted by molar-refractivity contribution is -0.132. The molecule has 2 N–H and O–H groups in total. The van der Waals surface area contributed by atoms with Gasteiger partial charge in [0.2, 0.25) is 5.91 Å². The van der Waals surface area contributed by atoms with Gasteiger partial charge in [0.15, 0.2) is 0 Å². The molecule has 1 aliphatic heterocycles. The molecule has 1 aliphatic rings. The quantitative estimate of drug-likeness (QED) is 0.585. The summed E-state index contributed by atoms with van der Waals surface area (Å²) in [6.07, 6.45) is 3.94. The van der Waals surface area contributed by atoms with E-state index < -0.39 is 5.91 Å². The number of pyridine rings is 1. The van der Waals surface area contributed by atoms with Gasteiger partial charge in [0.25, 0.3) is 5.91 Å². The van der Waals surface area contributed by atoms with Crippen molar-refractivity contribution in [1.29, 1.82) is 0 Å². The molecule has 2 amide bonds. The summed E-state index contributed by atoms with van der Waals surface area (Å²) in [6, 6.07) is 15.6. The number of methoxy groups -OCH3 is 1. The summed E-state index contributed by atoms with van der Waals surface area (Å²) in [5, 5.41) is 0.896. The minimum Gasteiger partial charge on any atom is -0.497 e. The number of rotatable bonds is 7.